The van der Waals surface area contributed by atoms with E-state index in [9.17, 15) is 4.79 Å². The minimum Gasteiger partial charge on any atom is -0.466 e. The molecule has 0 saturated heterocycles. The molecule has 6 heteroatoms. The Morgan fingerprint density at radius 3 is 3.00 bits per heavy atom. The Morgan fingerprint density at radius 2 is 2.21 bits per heavy atom. The highest BCUT2D eigenvalue weighted by Gasteiger charge is 2.08. The Kier molecular flexibility index (Phi) is 4.46. The molecule has 0 unspecified atom stereocenters. The van der Waals surface area contributed by atoms with Gasteiger partial charge in [-0.2, -0.15) is 0 Å². The molecule has 102 valence electrons. The highest BCUT2D eigenvalue weighted by molar-refractivity contribution is 5.73. The van der Waals surface area contributed by atoms with Crippen LogP contribution in [0.25, 0.3) is 11.0 Å². The Balaban J connectivity index is 1.92. The minimum atomic E-state index is -0.169. The van der Waals surface area contributed by atoms with E-state index in [1.807, 2.05) is 47.8 Å². The van der Waals surface area contributed by atoms with E-state index in [0.29, 0.717) is 26.2 Å². The van der Waals surface area contributed by atoms with Crippen molar-refractivity contribution in [3.8, 4) is 0 Å². The number of fused-ring (bicyclic) bond motifs is 1. The number of benzene rings is 1. The van der Waals surface area contributed by atoms with Crippen LogP contribution in [-0.2, 0) is 16.2 Å². The summed E-state index contributed by atoms with van der Waals surface area (Å²) in [5.74, 6) is -0.169. The van der Waals surface area contributed by atoms with Crippen LogP contribution in [0.3, 0.4) is 0 Å². The van der Waals surface area contributed by atoms with E-state index in [4.69, 9.17) is 4.74 Å². The Hall–Kier alpha value is -1.95. The van der Waals surface area contributed by atoms with Gasteiger partial charge in [-0.05, 0) is 26.1 Å². The van der Waals surface area contributed by atoms with Crippen molar-refractivity contribution in [1.29, 1.82) is 0 Å². The quantitative estimate of drug-likeness (QED) is 0.734. The van der Waals surface area contributed by atoms with E-state index < -0.39 is 0 Å². The molecule has 0 saturated carbocycles. The average Bonchev–Trinajstić information content (AvgIpc) is 2.80. The third-order valence-electron chi connectivity index (χ3n) is 2.80. The molecule has 2 rings (SSSR count). The summed E-state index contributed by atoms with van der Waals surface area (Å²) in [6.45, 7) is 3.46. The van der Waals surface area contributed by atoms with Crippen molar-refractivity contribution in [2.75, 3.05) is 20.2 Å². The van der Waals surface area contributed by atoms with Crippen LogP contribution in [0.4, 0.5) is 0 Å². The highest BCUT2D eigenvalue weighted by Crippen LogP contribution is 2.09. The highest BCUT2D eigenvalue weighted by atomic mass is 16.5. The van der Waals surface area contributed by atoms with Gasteiger partial charge >= 0.3 is 5.97 Å². The molecule has 0 aliphatic carbocycles. The van der Waals surface area contributed by atoms with Gasteiger partial charge in [0.1, 0.15) is 5.52 Å². The minimum absolute atomic E-state index is 0.169. The van der Waals surface area contributed by atoms with Gasteiger partial charge in [0.25, 0.3) is 0 Å². The van der Waals surface area contributed by atoms with Gasteiger partial charge in [-0.1, -0.05) is 17.3 Å². The molecule has 1 aromatic heterocycles. The van der Waals surface area contributed by atoms with Gasteiger partial charge in [0.05, 0.1) is 25.2 Å². The first-order valence-electron chi connectivity index (χ1n) is 6.33. The molecule has 0 bridgehead atoms. The third-order valence-corrected chi connectivity index (χ3v) is 2.80. The average molecular weight is 262 g/mol. The standard InChI is InChI=1S/C13H18N4O2/c1-3-19-13(18)8-9-16(2)10-17-12-7-5-4-6-11(12)14-15-17/h4-7H,3,8-10H2,1-2H3. The molecule has 6 nitrogen and oxygen atoms in total. The molecule has 2 aromatic rings. The summed E-state index contributed by atoms with van der Waals surface area (Å²) in [6, 6.07) is 7.80. The van der Waals surface area contributed by atoms with Crippen molar-refractivity contribution in [2.45, 2.75) is 20.0 Å². The maximum atomic E-state index is 11.3. The number of ether oxygens (including phenoxy) is 1. The van der Waals surface area contributed by atoms with E-state index in [2.05, 4.69) is 10.3 Å². The summed E-state index contributed by atoms with van der Waals surface area (Å²) in [6.07, 6.45) is 0.386. The van der Waals surface area contributed by atoms with Crippen LogP contribution >= 0.6 is 0 Å². The predicted octanol–water partition coefficient (Wildman–Crippen LogP) is 1.27. The largest absolute Gasteiger partial charge is 0.466 e. The number of hydrogen-bond donors (Lipinski definition) is 0. The molecular weight excluding hydrogens is 244 g/mol. The lowest BCUT2D eigenvalue weighted by Gasteiger charge is -2.15. The van der Waals surface area contributed by atoms with E-state index in [0.717, 1.165) is 11.0 Å². The summed E-state index contributed by atoms with van der Waals surface area (Å²) < 4.78 is 6.72. The van der Waals surface area contributed by atoms with Crippen molar-refractivity contribution in [3.05, 3.63) is 24.3 Å². The zero-order valence-corrected chi connectivity index (χ0v) is 11.2. The summed E-state index contributed by atoms with van der Waals surface area (Å²) in [4.78, 5) is 13.3. The van der Waals surface area contributed by atoms with Crippen LogP contribution in [0, 0.1) is 0 Å². The number of nitrogens with zero attached hydrogens (tertiary/aromatic N) is 4. The zero-order valence-electron chi connectivity index (χ0n) is 11.2. The Bertz CT molecular complexity index is 552. The number of para-hydroxylation sites is 1. The monoisotopic (exact) mass is 262 g/mol. The van der Waals surface area contributed by atoms with Crippen LogP contribution in [0.15, 0.2) is 24.3 Å². The lowest BCUT2D eigenvalue weighted by molar-refractivity contribution is -0.143. The van der Waals surface area contributed by atoms with Crippen molar-refractivity contribution in [3.63, 3.8) is 0 Å². The Labute approximate surface area is 111 Å². The molecule has 0 aliphatic heterocycles. The van der Waals surface area contributed by atoms with Crippen LogP contribution in [0.5, 0.6) is 0 Å². The van der Waals surface area contributed by atoms with Crippen molar-refractivity contribution < 1.29 is 9.53 Å². The first-order chi connectivity index (χ1) is 9.20. The van der Waals surface area contributed by atoms with Gasteiger partial charge in [0.2, 0.25) is 0 Å². The lowest BCUT2D eigenvalue weighted by atomic mass is 10.3. The van der Waals surface area contributed by atoms with Crippen molar-refractivity contribution in [2.24, 2.45) is 0 Å². The second kappa shape index (κ2) is 6.29. The second-order valence-corrected chi connectivity index (χ2v) is 4.35. The van der Waals surface area contributed by atoms with Crippen molar-refractivity contribution >= 4 is 17.0 Å². The Morgan fingerprint density at radius 1 is 1.42 bits per heavy atom. The normalized spacial score (nSPS) is 11.1. The first-order valence-corrected chi connectivity index (χ1v) is 6.33. The van der Waals surface area contributed by atoms with Crippen LogP contribution in [0.1, 0.15) is 13.3 Å². The summed E-state index contributed by atoms with van der Waals surface area (Å²) in [5, 5.41) is 8.20. The number of hydrogen-bond acceptors (Lipinski definition) is 5. The van der Waals surface area contributed by atoms with Gasteiger partial charge in [0.15, 0.2) is 0 Å². The molecule has 19 heavy (non-hydrogen) atoms. The molecule has 0 N–H and O–H groups in total. The number of aromatic nitrogens is 3. The molecule has 1 aromatic carbocycles. The lowest BCUT2D eigenvalue weighted by Crippen LogP contribution is -2.26. The van der Waals surface area contributed by atoms with Crippen LogP contribution < -0.4 is 0 Å². The smallest absolute Gasteiger partial charge is 0.307 e. The van der Waals surface area contributed by atoms with Gasteiger partial charge in [-0.3, -0.25) is 9.69 Å². The molecule has 0 radical (unpaired) electrons. The van der Waals surface area contributed by atoms with E-state index in [-0.39, 0.29) is 5.97 Å². The molecule has 0 atom stereocenters. The van der Waals surface area contributed by atoms with Gasteiger partial charge < -0.3 is 4.74 Å². The number of esters is 1. The molecule has 0 aliphatic rings. The fraction of sp³-hybridized carbons (Fsp3) is 0.462. The maximum absolute atomic E-state index is 11.3. The second-order valence-electron chi connectivity index (χ2n) is 4.35. The molecular formula is C13H18N4O2. The van der Waals surface area contributed by atoms with Gasteiger partial charge in [-0.15, -0.1) is 5.10 Å². The first kappa shape index (κ1) is 13.5. The number of rotatable bonds is 6. The molecule has 0 fully saturated rings. The summed E-state index contributed by atoms with van der Waals surface area (Å²) in [7, 11) is 1.94. The van der Waals surface area contributed by atoms with Gasteiger partial charge in [-0.25, -0.2) is 4.68 Å². The SMILES string of the molecule is CCOC(=O)CCN(C)Cn1nnc2ccccc21. The van der Waals surface area contributed by atoms with Crippen LogP contribution in [-0.4, -0.2) is 46.1 Å². The maximum Gasteiger partial charge on any atom is 0.307 e. The molecule has 1 heterocycles. The fourth-order valence-corrected chi connectivity index (χ4v) is 1.84. The number of carbonyl (C=O) groups excluding carboxylic acids is 1. The molecule has 0 spiro atoms. The van der Waals surface area contributed by atoms with Crippen LogP contribution in [0.2, 0.25) is 0 Å². The van der Waals surface area contributed by atoms with E-state index in [1.54, 1.807) is 0 Å². The number of carbonyl (C=O) groups is 1. The zero-order chi connectivity index (χ0) is 13.7. The fourth-order valence-electron chi connectivity index (χ4n) is 1.84. The predicted molar refractivity (Wildman–Crippen MR) is 71.4 cm³/mol. The summed E-state index contributed by atoms with van der Waals surface area (Å²) >= 11 is 0. The van der Waals surface area contributed by atoms with E-state index in [1.165, 1.54) is 0 Å². The summed E-state index contributed by atoms with van der Waals surface area (Å²) in [5.41, 5.74) is 1.87. The van der Waals surface area contributed by atoms with Gasteiger partial charge in [0, 0.05) is 6.54 Å². The third kappa shape index (κ3) is 3.51. The van der Waals surface area contributed by atoms with E-state index >= 15 is 0 Å². The molecule has 0 amide bonds. The van der Waals surface area contributed by atoms with Crippen molar-refractivity contribution in [1.82, 2.24) is 19.9 Å². The topological polar surface area (TPSA) is 60.2 Å².